The molecule has 34 heavy (non-hydrogen) atoms. The number of ether oxygens (including phenoxy) is 1. The second-order valence-electron chi connectivity index (χ2n) is 9.38. The summed E-state index contributed by atoms with van der Waals surface area (Å²) in [6.45, 7) is 13.7. The summed E-state index contributed by atoms with van der Waals surface area (Å²) < 4.78 is 5.49. The van der Waals surface area contributed by atoms with Crippen LogP contribution in [0, 0.1) is 27.7 Å². The van der Waals surface area contributed by atoms with Gasteiger partial charge in [0.05, 0.1) is 5.69 Å². The normalized spacial score (nSPS) is 13.3. The first-order valence-corrected chi connectivity index (χ1v) is 12.8. The Morgan fingerprint density at radius 2 is 1.59 bits per heavy atom. The van der Waals surface area contributed by atoms with Crippen molar-refractivity contribution in [2.75, 3.05) is 30.3 Å². The number of aryl methyl sites for hydroxylation is 5. The molecule has 0 spiro atoms. The first-order chi connectivity index (χ1) is 16.5. The number of hydrogen-bond acceptors (Lipinski definition) is 3. The van der Waals surface area contributed by atoms with Crippen LogP contribution in [-0.4, -0.2) is 19.7 Å². The van der Waals surface area contributed by atoms with Gasteiger partial charge in [-0.1, -0.05) is 61.4 Å². The average molecular weight is 459 g/mol. The summed E-state index contributed by atoms with van der Waals surface area (Å²) in [6, 6.07) is 19.4. The van der Waals surface area contributed by atoms with E-state index in [0.29, 0.717) is 0 Å². The number of unbranched alkanes of at least 4 members (excludes halogenated alkanes) is 1. The molecule has 3 aromatic carbocycles. The van der Waals surface area contributed by atoms with Crippen LogP contribution in [0.4, 0.5) is 11.4 Å². The summed E-state index contributed by atoms with van der Waals surface area (Å²) in [5.74, 6) is 1.01. The van der Waals surface area contributed by atoms with Crippen LogP contribution >= 0.6 is 0 Å². The van der Waals surface area contributed by atoms with Crippen LogP contribution in [0.25, 0.3) is 0 Å². The number of anilines is 2. The standard InChI is InChI=1S/C12H18.C10H13N.C9H11NO/c1-4-5-8-12-9-6-7-10(2)11(12)3;1-8-4-5-10-9(7-8)3-2-6-11-10;1-7-3-2-4-8-9(7)11-6-5-10-8/h6-7,9H,4-5,8H2,1-3H3;4-5,7,11H,2-3,6H2,1H3;2-4,10H,5-6H2,1H3. The van der Waals surface area contributed by atoms with E-state index in [1.165, 1.54) is 71.2 Å². The van der Waals surface area contributed by atoms with Crippen molar-refractivity contribution in [3.05, 3.63) is 88.0 Å². The summed E-state index contributed by atoms with van der Waals surface area (Å²) in [4.78, 5) is 0. The Bertz CT molecular complexity index is 1060. The van der Waals surface area contributed by atoms with E-state index in [4.69, 9.17) is 4.74 Å². The van der Waals surface area contributed by atoms with Crippen LogP contribution < -0.4 is 15.4 Å². The first kappa shape index (κ1) is 25.7. The van der Waals surface area contributed by atoms with Crippen LogP contribution in [0.2, 0.25) is 0 Å². The van der Waals surface area contributed by atoms with Crippen molar-refractivity contribution < 1.29 is 4.74 Å². The first-order valence-electron chi connectivity index (χ1n) is 12.8. The Hall–Kier alpha value is -2.94. The zero-order valence-electron chi connectivity index (χ0n) is 21.8. The molecule has 3 nitrogen and oxygen atoms in total. The topological polar surface area (TPSA) is 33.3 Å². The van der Waals surface area contributed by atoms with Gasteiger partial charge in [0.15, 0.2) is 0 Å². The van der Waals surface area contributed by atoms with Gasteiger partial charge in [-0.25, -0.2) is 0 Å². The van der Waals surface area contributed by atoms with Gasteiger partial charge < -0.3 is 15.4 Å². The molecule has 0 aromatic heterocycles. The molecule has 2 aliphatic rings. The number of fused-ring (bicyclic) bond motifs is 2. The second kappa shape index (κ2) is 13.1. The summed E-state index contributed by atoms with van der Waals surface area (Å²) in [6.07, 6.45) is 6.35. The third-order valence-corrected chi connectivity index (χ3v) is 6.59. The van der Waals surface area contributed by atoms with E-state index in [2.05, 4.69) is 87.7 Å². The minimum atomic E-state index is 0.776. The fraction of sp³-hybridized carbons (Fsp3) is 0.419. The molecular weight excluding hydrogens is 416 g/mol. The third kappa shape index (κ3) is 7.28. The lowest BCUT2D eigenvalue weighted by atomic mass is 9.99. The Balaban J connectivity index is 0.000000143. The molecule has 2 heterocycles. The number of hydrogen-bond donors (Lipinski definition) is 2. The summed E-state index contributed by atoms with van der Waals surface area (Å²) in [5.41, 5.74) is 10.9. The van der Waals surface area contributed by atoms with Gasteiger partial charge in [0.1, 0.15) is 12.4 Å². The minimum absolute atomic E-state index is 0.776. The van der Waals surface area contributed by atoms with Gasteiger partial charge in [0, 0.05) is 18.8 Å². The van der Waals surface area contributed by atoms with Crippen LogP contribution in [0.1, 0.15) is 59.6 Å². The van der Waals surface area contributed by atoms with Crippen molar-refractivity contribution >= 4 is 11.4 Å². The molecule has 0 atom stereocenters. The van der Waals surface area contributed by atoms with Gasteiger partial charge in [-0.05, 0) is 93.3 Å². The maximum atomic E-state index is 5.49. The highest BCUT2D eigenvalue weighted by Crippen LogP contribution is 2.30. The smallest absolute Gasteiger partial charge is 0.145 e. The number of rotatable bonds is 3. The number of benzene rings is 3. The highest BCUT2D eigenvalue weighted by atomic mass is 16.5. The lowest BCUT2D eigenvalue weighted by molar-refractivity contribution is 0.321. The largest absolute Gasteiger partial charge is 0.489 e. The van der Waals surface area contributed by atoms with Gasteiger partial charge in [-0.15, -0.1) is 0 Å². The lowest BCUT2D eigenvalue weighted by Gasteiger charge is -2.20. The van der Waals surface area contributed by atoms with E-state index in [1.54, 1.807) is 0 Å². The predicted octanol–water partition coefficient (Wildman–Crippen LogP) is 7.80. The Morgan fingerprint density at radius 1 is 0.824 bits per heavy atom. The molecule has 0 saturated carbocycles. The molecule has 182 valence electrons. The fourth-order valence-electron chi connectivity index (χ4n) is 4.38. The summed E-state index contributed by atoms with van der Waals surface area (Å²) >= 11 is 0. The van der Waals surface area contributed by atoms with Gasteiger partial charge in [0.25, 0.3) is 0 Å². The van der Waals surface area contributed by atoms with Gasteiger partial charge in [0.2, 0.25) is 0 Å². The molecule has 3 heteroatoms. The highest BCUT2D eigenvalue weighted by molar-refractivity contribution is 5.60. The minimum Gasteiger partial charge on any atom is -0.489 e. The van der Waals surface area contributed by atoms with Crippen molar-refractivity contribution in [1.82, 2.24) is 0 Å². The molecule has 0 radical (unpaired) electrons. The molecule has 2 aliphatic heterocycles. The van der Waals surface area contributed by atoms with Gasteiger partial charge in [-0.2, -0.15) is 0 Å². The van der Waals surface area contributed by atoms with E-state index < -0.39 is 0 Å². The Labute approximate surface area is 207 Å². The van der Waals surface area contributed by atoms with Crippen molar-refractivity contribution in [1.29, 1.82) is 0 Å². The van der Waals surface area contributed by atoms with Crippen molar-refractivity contribution in [3.63, 3.8) is 0 Å². The molecule has 0 fully saturated rings. The molecule has 2 N–H and O–H groups in total. The van der Waals surface area contributed by atoms with Gasteiger partial charge in [-0.3, -0.25) is 0 Å². The van der Waals surface area contributed by atoms with Crippen molar-refractivity contribution in [2.24, 2.45) is 0 Å². The zero-order chi connectivity index (χ0) is 24.3. The Kier molecular flexibility index (Phi) is 9.88. The average Bonchev–Trinajstić information content (AvgIpc) is 2.86. The molecule has 0 amide bonds. The van der Waals surface area contributed by atoms with E-state index in [0.717, 1.165) is 31.1 Å². The van der Waals surface area contributed by atoms with Crippen LogP contribution in [-0.2, 0) is 12.8 Å². The van der Waals surface area contributed by atoms with Gasteiger partial charge >= 0.3 is 0 Å². The molecule has 0 bridgehead atoms. The summed E-state index contributed by atoms with van der Waals surface area (Å²) in [5, 5.41) is 6.67. The van der Waals surface area contributed by atoms with Crippen LogP contribution in [0.5, 0.6) is 5.75 Å². The number of nitrogens with one attached hydrogen (secondary N) is 2. The van der Waals surface area contributed by atoms with E-state index >= 15 is 0 Å². The maximum Gasteiger partial charge on any atom is 0.145 e. The quantitative estimate of drug-likeness (QED) is 0.420. The molecule has 5 rings (SSSR count). The van der Waals surface area contributed by atoms with Crippen LogP contribution in [0.15, 0.2) is 54.6 Å². The van der Waals surface area contributed by atoms with E-state index in [1.807, 2.05) is 12.1 Å². The number of para-hydroxylation sites is 1. The fourth-order valence-corrected chi connectivity index (χ4v) is 4.38. The molecular formula is C31H42N2O. The highest BCUT2D eigenvalue weighted by Gasteiger charge is 2.10. The predicted molar refractivity (Wildman–Crippen MR) is 148 cm³/mol. The SMILES string of the molecule is CCCCc1cccc(C)c1C.Cc1ccc2c(c1)CCCN2.Cc1cccc2c1OCCN2. The third-order valence-electron chi connectivity index (χ3n) is 6.59. The van der Waals surface area contributed by atoms with Crippen molar-refractivity contribution in [3.8, 4) is 5.75 Å². The molecule has 0 unspecified atom stereocenters. The van der Waals surface area contributed by atoms with E-state index in [-0.39, 0.29) is 0 Å². The molecule has 3 aromatic rings. The van der Waals surface area contributed by atoms with Crippen LogP contribution in [0.3, 0.4) is 0 Å². The maximum absolute atomic E-state index is 5.49. The van der Waals surface area contributed by atoms with Crippen molar-refractivity contribution in [2.45, 2.75) is 66.7 Å². The zero-order valence-corrected chi connectivity index (χ0v) is 21.8. The lowest BCUT2D eigenvalue weighted by Crippen LogP contribution is -2.18. The Morgan fingerprint density at radius 3 is 2.38 bits per heavy atom. The molecule has 0 saturated heterocycles. The summed E-state index contributed by atoms with van der Waals surface area (Å²) in [7, 11) is 0. The second-order valence-corrected chi connectivity index (χ2v) is 9.38. The molecule has 0 aliphatic carbocycles. The monoisotopic (exact) mass is 458 g/mol. The van der Waals surface area contributed by atoms with E-state index in [9.17, 15) is 0 Å².